The van der Waals surface area contributed by atoms with E-state index < -0.39 is 21.6 Å². The summed E-state index contributed by atoms with van der Waals surface area (Å²) in [7, 11) is -3.77. The van der Waals surface area contributed by atoms with Gasteiger partial charge < -0.3 is 4.42 Å². The maximum atomic E-state index is 13.1. The van der Waals surface area contributed by atoms with E-state index in [1.54, 1.807) is 18.2 Å². The fraction of sp³-hybridized carbons (Fsp3) is 0.133. The van der Waals surface area contributed by atoms with Gasteiger partial charge in [0, 0.05) is 6.54 Å². The number of rotatable bonds is 4. The molecule has 2 N–H and O–H groups in total. The number of benzene rings is 2. The summed E-state index contributed by atoms with van der Waals surface area (Å²) in [6, 6.07) is 8.35. The molecule has 3 aromatic rings. The summed E-state index contributed by atoms with van der Waals surface area (Å²) in [6.45, 7) is 1.56. The number of aryl methyl sites for hydroxylation is 1. The Morgan fingerprint density at radius 2 is 2.00 bits per heavy atom. The van der Waals surface area contributed by atoms with E-state index in [-0.39, 0.29) is 11.4 Å². The Hall–Kier alpha value is -2.45. The van der Waals surface area contributed by atoms with Gasteiger partial charge in [-0.05, 0) is 48.4 Å². The van der Waals surface area contributed by atoms with E-state index in [2.05, 4.69) is 9.71 Å². The molecule has 0 saturated carbocycles. The smallest absolute Gasteiger partial charge is 0.408 e. The van der Waals surface area contributed by atoms with Crippen molar-refractivity contribution in [1.29, 1.82) is 0 Å². The van der Waals surface area contributed by atoms with Crippen LogP contribution in [0.1, 0.15) is 11.1 Å². The number of aromatic nitrogens is 1. The zero-order valence-corrected chi connectivity index (χ0v) is 12.9. The SMILES string of the molecule is Cc1cc(F)ccc1S(=O)(=O)NCc1ccc2oc(=O)[nH]c2c1. The van der Waals surface area contributed by atoms with Crippen LogP contribution >= 0.6 is 0 Å². The molecule has 6 nitrogen and oxygen atoms in total. The predicted octanol–water partition coefficient (Wildman–Crippen LogP) is 2.05. The Balaban J connectivity index is 1.83. The van der Waals surface area contributed by atoms with Gasteiger partial charge in [0.25, 0.3) is 0 Å². The zero-order valence-electron chi connectivity index (χ0n) is 12.1. The summed E-state index contributed by atoms with van der Waals surface area (Å²) >= 11 is 0. The summed E-state index contributed by atoms with van der Waals surface area (Å²) in [6.07, 6.45) is 0. The number of hydrogen-bond acceptors (Lipinski definition) is 4. The van der Waals surface area contributed by atoms with Gasteiger partial charge in [-0.1, -0.05) is 6.07 Å². The predicted molar refractivity (Wildman–Crippen MR) is 82.0 cm³/mol. The van der Waals surface area contributed by atoms with Gasteiger partial charge in [0.05, 0.1) is 10.4 Å². The fourth-order valence-electron chi connectivity index (χ4n) is 2.28. The molecular formula is C15H13FN2O4S. The highest BCUT2D eigenvalue weighted by Crippen LogP contribution is 2.17. The maximum Gasteiger partial charge on any atom is 0.417 e. The summed E-state index contributed by atoms with van der Waals surface area (Å²) in [4.78, 5) is 13.6. The number of aromatic amines is 1. The quantitative estimate of drug-likeness (QED) is 0.763. The van der Waals surface area contributed by atoms with Crippen LogP contribution in [0.5, 0.6) is 0 Å². The van der Waals surface area contributed by atoms with Gasteiger partial charge in [0.15, 0.2) is 5.58 Å². The Morgan fingerprint density at radius 1 is 1.22 bits per heavy atom. The standard InChI is InChI=1S/C15H13FN2O4S/c1-9-6-11(16)3-5-14(9)23(20,21)17-8-10-2-4-13-12(7-10)18-15(19)22-13/h2-7,17H,8H2,1H3,(H,18,19). The average molecular weight is 336 g/mol. The molecule has 120 valence electrons. The van der Waals surface area contributed by atoms with Crippen molar-refractivity contribution >= 4 is 21.1 Å². The van der Waals surface area contributed by atoms with Crippen molar-refractivity contribution in [2.45, 2.75) is 18.4 Å². The van der Waals surface area contributed by atoms with Gasteiger partial charge in [-0.2, -0.15) is 0 Å². The molecule has 0 spiro atoms. The first kappa shape index (κ1) is 15.4. The van der Waals surface area contributed by atoms with Crippen molar-refractivity contribution < 1.29 is 17.2 Å². The van der Waals surface area contributed by atoms with Crippen LogP contribution < -0.4 is 10.5 Å². The molecule has 8 heteroatoms. The van der Waals surface area contributed by atoms with E-state index in [1.807, 2.05) is 0 Å². The van der Waals surface area contributed by atoms with E-state index >= 15 is 0 Å². The van der Waals surface area contributed by atoms with Crippen LogP contribution in [0.15, 0.2) is 50.5 Å². The van der Waals surface area contributed by atoms with Crippen LogP contribution in [0, 0.1) is 12.7 Å². The number of nitrogens with one attached hydrogen (secondary N) is 2. The van der Waals surface area contributed by atoms with E-state index in [9.17, 15) is 17.6 Å². The van der Waals surface area contributed by atoms with E-state index in [0.717, 1.165) is 12.1 Å². The topological polar surface area (TPSA) is 92.2 Å². The third kappa shape index (κ3) is 3.17. The molecule has 0 saturated heterocycles. The van der Waals surface area contributed by atoms with Gasteiger partial charge >= 0.3 is 5.76 Å². The maximum absolute atomic E-state index is 13.1. The van der Waals surface area contributed by atoms with Gasteiger partial charge in [0.1, 0.15) is 5.82 Å². The number of H-pyrrole nitrogens is 1. The second-order valence-electron chi connectivity index (χ2n) is 5.08. The lowest BCUT2D eigenvalue weighted by atomic mass is 10.2. The molecule has 0 atom stereocenters. The second kappa shape index (κ2) is 5.64. The molecular weight excluding hydrogens is 323 g/mol. The lowest BCUT2D eigenvalue weighted by Gasteiger charge is -2.09. The van der Waals surface area contributed by atoms with Gasteiger partial charge in [-0.15, -0.1) is 0 Å². The monoisotopic (exact) mass is 336 g/mol. The van der Waals surface area contributed by atoms with Crippen LogP contribution in [0.3, 0.4) is 0 Å². The second-order valence-corrected chi connectivity index (χ2v) is 6.81. The molecule has 1 heterocycles. The van der Waals surface area contributed by atoms with Crippen LogP contribution in [0.2, 0.25) is 0 Å². The lowest BCUT2D eigenvalue weighted by molar-refractivity contribution is 0.555. The minimum absolute atomic E-state index is 0.0247. The highest BCUT2D eigenvalue weighted by molar-refractivity contribution is 7.89. The van der Waals surface area contributed by atoms with Crippen molar-refractivity contribution in [3.8, 4) is 0 Å². The Bertz CT molecular complexity index is 1040. The number of oxazole rings is 1. The molecule has 0 amide bonds. The summed E-state index contributed by atoms with van der Waals surface area (Å²) in [5.74, 6) is -1.06. The molecule has 0 aliphatic rings. The summed E-state index contributed by atoms with van der Waals surface area (Å²) in [5.41, 5.74) is 1.87. The fourth-order valence-corrected chi connectivity index (χ4v) is 3.52. The van der Waals surface area contributed by atoms with E-state index in [4.69, 9.17) is 4.42 Å². The van der Waals surface area contributed by atoms with E-state index in [0.29, 0.717) is 22.2 Å². The first-order valence-electron chi connectivity index (χ1n) is 6.73. The van der Waals surface area contributed by atoms with Crippen LogP contribution in [0.4, 0.5) is 4.39 Å². The summed E-state index contributed by atoms with van der Waals surface area (Å²) in [5, 5.41) is 0. The largest absolute Gasteiger partial charge is 0.417 e. The highest BCUT2D eigenvalue weighted by atomic mass is 32.2. The first-order valence-corrected chi connectivity index (χ1v) is 8.21. The van der Waals surface area contributed by atoms with Gasteiger partial charge in [-0.3, -0.25) is 4.98 Å². The Kier molecular flexibility index (Phi) is 3.78. The number of sulfonamides is 1. The Labute approximate surface area is 131 Å². The minimum atomic E-state index is -3.77. The number of fused-ring (bicyclic) bond motifs is 1. The van der Waals surface area contributed by atoms with Gasteiger partial charge in [0.2, 0.25) is 10.0 Å². The molecule has 0 bridgehead atoms. The molecule has 2 aromatic carbocycles. The lowest BCUT2D eigenvalue weighted by Crippen LogP contribution is -2.24. The van der Waals surface area contributed by atoms with Crippen molar-refractivity contribution in [2.24, 2.45) is 0 Å². The normalized spacial score (nSPS) is 11.9. The minimum Gasteiger partial charge on any atom is -0.408 e. The molecule has 0 aliphatic heterocycles. The van der Waals surface area contributed by atoms with Crippen LogP contribution in [0.25, 0.3) is 11.1 Å². The molecule has 0 radical (unpaired) electrons. The molecule has 3 rings (SSSR count). The van der Waals surface area contributed by atoms with Crippen LogP contribution in [-0.2, 0) is 16.6 Å². The van der Waals surface area contributed by atoms with Crippen molar-refractivity contribution in [3.05, 3.63) is 63.9 Å². The third-order valence-electron chi connectivity index (χ3n) is 3.38. The van der Waals surface area contributed by atoms with Crippen molar-refractivity contribution in [2.75, 3.05) is 0 Å². The molecule has 0 aliphatic carbocycles. The third-order valence-corrected chi connectivity index (χ3v) is 4.94. The number of halogens is 1. The first-order chi connectivity index (χ1) is 10.8. The number of hydrogen-bond donors (Lipinski definition) is 2. The average Bonchev–Trinajstić information content (AvgIpc) is 2.84. The summed E-state index contributed by atoms with van der Waals surface area (Å²) < 4.78 is 45.0. The molecule has 1 aromatic heterocycles. The van der Waals surface area contributed by atoms with Crippen LogP contribution in [-0.4, -0.2) is 13.4 Å². The van der Waals surface area contributed by atoms with Crippen molar-refractivity contribution in [3.63, 3.8) is 0 Å². The van der Waals surface area contributed by atoms with Crippen molar-refractivity contribution in [1.82, 2.24) is 9.71 Å². The molecule has 23 heavy (non-hydrogen) atoms. The highest BCUT2D eigenvalue weighted by Gasteiger charge is 2.17. The zero-order chi connectivity index (χ0) is 16.6. The van der Waals surface area contributed by atoms with Gasteiger partial charge in [-0.25, -0.2) is 22.3 Å². The Morgan fingerprint density at radius 3 is 2.74 bits per heavy atom. The molecule has 0 fully saturated rings. The molecule has 0 unspecified atom stereocenters. The van der Waals surface area contributed by atoms with E-state index in [1.165, 1.54) is 13.0 Å².